The fraction of sp³-hybridized carbons (Fsp3) is 0.158. The first-order valence-electron chi connectivity index (χ1n) is 7.30. The van der Waals surface area contributed by atoms with Crippen molar-refractivity contribution in [3.05, 3.63) is 67.3 Å². The molecule has 4 nitrogen and oxygen atoms in total. The van der Waals surface area contributed by atoms with Crippen LogP contribution in [0.25, 0.3) is 10.8 Å². The zero-order valence-electron chi connectivity index (χ0n) is 12.9. The predicted octanol–water partition coefficient (Wildman–Crippen LogP) is 3.23. The molecule has 0 saturated heterocycles. The summed E-state index contributed by atoms with van der Waals surface area (Å²) in [7, 11) is 0. The van der Waals surface area contributed by atoms with Crippen LogP contribution in [-0.4, -0.2) is 36.8 Å². The number of carbonyl (C=O) groups is 2. The second-order valence-electron chi connectivity index (χ2n) is 4.98. The van der Waals surface area contributed by atoms with E-state index in [2.05, 4.69) is 13.2 Å². The van der Waals surface area contributed by atoms with Crippen LogP contribution in [0.4, 0.5) is 0 Å². The van der Waals surface area contributed by atoms with E-state index < -0.39 is 0 Å². The van der Waals surface area contributed by atoms with Gasteiger partial charge in [-0.25, -0.2) is 0 Å². The number of hydrogen-bond donors (Lipinski definition) is 0. The first-order valence-corrected chi connectivity index (χ1v) is 7.30. The third kappa shape index (κ3) is 3.86. The van der Waals surface area contributed by atoms with Gasteiger partial charge in [0.25, 0.3) is 5.91 Å². The van der Waals surface area contributed by atoms with E-state index in [9.17, 15) is 9.59 Å². The molecule has 0 atom stereocenters. The molecule has 0 heterocycles. The summed E-state index contributed by atoms with van der Waals surface area (Å²) >= 11 is 0. The predicted molar refractivity (Wildman–Crippen MR) is 91.8 cm³/mol. The Morgan fingerprint density at radius 2 is 1.78 bits per heavy atom. The average Bonchev–Trinajstić information content (AvgIpc) is 2.58. The maximum atomic E-state index is 12.2. The van der Waals surface area contributed by atoms with Gasteiger partial charge in [0.1, 0.15) is 5.75 Å². The fourth-order valence-corrected chi connectivity index (χ4v) is 2.34. The average molecular weight is 309 g/mol. The van der Waals surface area contributed by atoms with Crippen molar-refractivity contribution >= 4 is 23.0 Å². The number of amides is 1. The van der Waals surface area contributed by atoms with Crippen molar-refractivity contribution < 1.29 is 14.3 Å². The highest BCUT2D eigenvalue weighted by molar-refractivity contribution is 6.00. The van der Waals surface area contributed by atoms with Gasteiger partial charge in [0.15, 0.2) is 12.9 Å². The van der Waals surface area contributed by atoms with Crippen LogP contribution < -0.4 is 4.74 Å². The lowest BCUT2D eigenvalue weighted by Crippen LogP contribution is -2.35. The number of aldehydes is 1. The van der Waals surface area contributed by atoms with Gasteiger partial charge in [0.2, 0.25) is 0 Å². The molecule has 0 aromatic heterocycles. The van der Waals surface area contributed by atoms with E-state index >= 15 is 0 Å². The molecule has 0 fully saturated rings. The highest BCUT2D eigenvalue weighted by Gasteiger charge is 2.14. The Balaban J connectivity index is 2.18. The molecule has 23 heavy (non-hydrogen) atoms. The van der Waals surface area contributed by atoms with Gasteiger partial charge < -0.3 is 9.64 Å². The number of ether oxygens (including phenoxy) is 1. The Labute approximate surface area is 135 Å². The lowest BCUT2D eigenvalue weighted by molar-refractivity contribution is -0.132. The second kappa shape index (κ2) is 7.94. The van der Waals surface area contributed by atoms with E-state index in [0.717, 1.165) is 17.1 Å². The van der Waals surface area contributed by atoms with E-state index in [0.29, 0.717) is 24.4 Å². The summed E-state index contributed by atoms with van der Waals surface area (Å²) in [4.78, 5) is 25.2. The van der Waals surface area contributed by atoms with E-state index in [-0.39, 0.29) is 12.5 Å². The van der Waals surface area contributed by atoms with Crippen LogP contribution in [0.2, 0.25) is 0 Å². The molecule has 1 amide bonds. The van der Waals surface area contributed by atoms with Crippen LogP contribution >= 0.6 is 0 Å². The molecule has 0 bridgehead atoms. The van der Waals surface area contributed by atoms with Gasteiger partial charge >= 0.3 is 0 Å². The minimum Gasteiger partial charge on any atom is -0.483 e. The second-order valence-corrected chi connectivity index (χ2v) is 4.98. The molecule has 2 rings (SSSR count). The summed E-state index contributed by atoms with van der Waals surface area (Å²) in [5.74, 6) is 0.221. The van der Waals surface area contributed by atoms with Crippen molar-refractivity contribution in [2.24, 2.45) is 0 Å². The van der Waals surface area contributed by atoms with Crippen molar-refractivity contribution in [3.63, 3.8) is 0 Å². The highest BCUT2D eigenvalue weighted by Crippen LogP contribution is 2.26. The molecular formula is C19H19NO3. The normalized spacial score (nSPS) is 10.1. The van der Waals surface area contributed by atoms with E-state index in [1.807, 2.05) is 30.3 Å². The third-order valence-electron chi connectivity index (χ3n) is 3.45. The van der Waals surface area contributed by atoms with Gasteiger partial charge in [-0.2, -0.15) is 0 Å². The van der Waals surface area contributed by atoms with Gasteiger partial charge in [-0.15, -0.1) is 13.2 Å². The van der Waals surface area contributed by atoms with E-state index in [1.165, 1.54) is 0 Å². The molecular weight excluding hydrogens is 290 g/mol. The SMILES string of the molecule is C=CCN(CC=C)C(=O)COc1ccc2ccccc2c1C=O. The maximum Gasteiger partial charge on any atom is 0.261 e. The zero-order chi connectivity index (χ0) is 16.7. The van der Waals surface area contributed by atoms with E-state index in [4.69, 9.17) is 4.74 Å². The Morgan fingerprint density at radius 3 is 2.43 bits per heavy atom. The quantitative estimate of drug-likeness (QED) is 0.555. The lowest BCUT2D eigenvalue weighted by atomic mass is 10.0. The Kier molecular flexibility index (Phi) is 5.69. The molecule has 4 heteroatoms. The van der Waals surface area contributed by atoms with Crippen molar-refractivity contribution in [1.29, 1.82) is 0 Å². The molecule has 118 valence electrons. The van der Waals surface area contributed by atoms with Crippen molar-refractivity contribution in [2.45, 2.75) is 0 Å². The van der Waals surface area contributed by atoms with Gasteiger partial charge in [-0.3, -0.25) is 9.59 Å². The molecule has 0 aliphatic carbocycles. The number of nitrogens with zero attached hydrogens (tertiary/aromatic N) is 1. The molecule has 0 radical (unpaired) electrons. The first-order chi connectivity index (χ1) is 11.2. The number of carbonyl (C=O) groups excluding carboxylic acids is 2. The monoisotopic (exact) mass is 309 g/mol. The van der Waals surface area contributed by atoms with E-state index in [1.54, 1.807) is 23.1 Å². The molecule has 2 aromatic rings. The van der Waals surface area contributed by atoms with Crippen LogP contribution in [0.5, 0.6) is 5.75 Å². The van der Waals surface area contributed by atoms with Crippen molar-refractivity contribution in [2.75, 3.05) is 19.7 Å². The minimum absolute atomic E-state index is 0.138. The number of rotatable bonds is 8. The summed E-state index contributed by atoms with van der Waals surface area (Å²) in [6, 6.07) is 11.1. The minimum atomic E-state index is -0.185. The summed E-state index contributed by atoms with van der Waals surface area (Å²) in [5, 5.41) is 1.76. The van der Waals surface area contributed by atoms with Gasteiger partial charge in [-0.05, 0) is 16.8 Å². The van der Waals surface area contributed by atoms with Crippen molar-refractivity contribution in [3.8, 4) is 5.75 Å². The van der Waals surface area contributed by atoms with Crippen LogP contribution in [0.1, 0.15) is 10.4 Å². The maximum absolute atomic E-state index is 12.2. The zero-order valence-corrected chi connectivity index (χ0v) is 12.9. The van der Waals surface area contributed by atoms with Crippen LogP contribution in [-0.2, 0) is 4.79 Å². The highest BCUT2D eigenvalue weighted by atomic mass is 16.5. The number of fused-ring (bicyclic) bond motifs is 1. The summed E-state index contributed by atoms with van der Waals surface area (Å²) in [6.45, 7) is 7.97. The van der Waals surface area contributed by atoms with Crippen molar-refractivity contribution in [1.82, 2.24) is 4.90 Å². The summed E-state index contributed by atoms with van der Waals surface area (Å²) < 4.78 is 5.58. The van der Waals surface area contributed by atoms with Gasteiger partial charge in [0.05, 0.1) is 5.56 Å². The molecule has 0 aliphatic heterocycles. The first kappa shape index (κ1) is 16.5. The molecule has 0 N–H and O–H groups in total. The molecule has 0 spiro atoms. The van der Waals surface area contributed by atoms with Gasteiger partial charge in [0, 0.05) is 13.1 Å². The molecule has 2 aromatic carbocycles. The molecule has 0 aliphatic rings. The van der Waals surface area contributed by atoms with Crippen LogP contribution in [0, 0.1) is 0 Å². The van der Waals surface area contributed by atoms with Gasteiger partial charge in [-0.1, -0.05) is 42.5 Å². The summed E-state index contributed by atoms with van der Waals surface area (Å²) in [6.07, 6.45) is 4.05. The summed E-state index contributed by atoms with van der Waals surface area (Å²) in [5.41, 5.74) is 0.454. The Bertz CT molecular complexity index is 726. The smallest absolute Gasteiger partial charge is 0.261 e. The Hall–Kier alpha value is -2.88. The lowest BCUT2D eigenvalue weighted by Gasteiger charge is -2.19. The largest absolute Gasteiger partial charge is 0.483 e. The topological polar surface area (TPSA) is 46.6 Å². The standard InChI is InChI=1S/C19H19NO3/c1-3-11-20(12-4-2)19(22)14-23-18-10-9-15-7-5-6-8-16(15)17(18)13-21/h3-10,13H,1-2,11-12,14H2. The Morgan fingerprint density at radius 1 is 1.09 bits per heavy atom. The molecule has 0 unspecified atom stereocenters. The third-order valence-corrected chi connectivity index (χ3v) is 3.45. The van der Waals surface area contributed by atoms with Crippen LogP contribution in [0.3, 0.4) is 0 Å². The molecule has 0 saturated carbocycles. The fourth-order valence-electron chi connectivity index (χ4n) is 2.34. The van der Waals surface area contributed by atoms with Crippen LogP contribution in [0.15, 0.2) is 61.7 Å². The number of benzene rings is 2. The number of hydrogen-bond acceptors (Lipinski definition) is 3.